The first-order valence-electron chi connectivity index (χ1n) is 4.94. The third-order valence-electron chi connectivity index (χ3n) is 2.22. The first kappa shape index (κ1) is 11.2. The van der Waals surface area contributed by atoms with Crippen molar-refractivity contribution in [1.82, 2.24) is 9.97 Å². The van der Waals surface area contributed by atoms with Crippen LogP contribution in [0.15, 0.2) is 36.7 Å². The molecule has 0 atom stereocenters. The minimum Gasteiger partial charge on any atom is -0.481 e. The quantitative estimate of drug-likeness (QED) is 0.821. The Balaban J connectivity index is 2.34. The Kier molecular flexibility index (Phi) is 3.09. The number of nitrogens with zero attached hydrogens (tertiary/aromatic N) is 2. The predicted molar refractivity (Wildman–Crippen MR) is 58.8 cm³/mol. The molecule has 0 fully saturated rings. The number of aromatic nitrogens is 2. The van der Waals surface area contributed by atoms with E-state index >= 15 is 0 Å². The molecular formula is C12H9FN2O2. The van der Waals surface area contributed by atoms with Crippen LogP contribution < -0.4 is 0 Å². The highest BCUT2D eigenvalue weighted by atomic mass is 19.1. The van der Waals surface area contributed by atoms with E-state index < -0.39 is 11.9 Å². The van der Waals surface area contributed by atoms with Crippen LogP contribution in [0.5, 0.6) is 0 Å². The second-order valence-corrected chi connectivity index (χ2v) is 3.46. The predicted octanol–water partition coefficient (Wildman–Crippen LogP) is 1.91. The van der Waals surface area contributed by atoms with Crippen molar-refractivity contribution in [1.29, 1.82) is 0 Å². The van der Waals surface area contributed by atoms with Crippen LogP contribution in [0.3, 0.4) is 0 Å². The fraction of sp³-hybridized carbons (Fsp3) is 0.0833. The summed E-state index contributed by atoms with van der Waals surface area (Å²) in [6.07, 6.45) is 2.81. The summed E-state index contributed by atoms with van der Waals surface area (Å²) in [6, 6.07) is 6.49. The van der Waals surface area contributed by atoms with E-state index in [1.807, 2.05) is 0 Å². The molecule has 1 N–H and O–H groups in total. The van der Waals surface area contributed by atoms with Gasteiger partial charge in [0.25, 0.3) is 0 Å². The normalized spacial score (nSPS) is 10.2. The van der Waals surface area contributed by atoms with Crippen molar-refractivity contribution in [2.75, 3.05) is 0 Å². The molecule has 0 saturated carbocycles. The van der Waals surface area contributed by atoms with Gasteiger partial charge in [-0.1, -0.05) is 6.07 Å². The maximum absolute atomic E-state index is 13.5. The van der Waals surface area contributed by atoms with Crippen molar-refractivity contribution in [3.05, 3.63) is 48.2 Å². The summed E-state index contributed by atoms with van der Waals surface area (Å²) in [5, 5.41) is 8.57. The molecule has 0 aliphatic carbocycles. The highest BCUT2D eigenvalue weighted by Crippen LogP contribution is 2.17. The van der Waals surface area contributed by atoms with E-state index in [1.54, 1.807) is 30.6 Å². The Morgan fingerprint density at radius 3 is 2.76 bits per heavy atom. The van der Waals surface area contributed by atoms with E-state index in [4.69, 9.17) is 5.11 Å². The summed E-state index contributed by atoms with van der Waals surface area (Å²) in [6.45, 7) is 0. The average molecular weight is 232 g/mol. The van der Waals surface area contributed by atoms with Crippen molar-refractivity contribution in [3.63, 3.8) is 0 Å². The molecule has 4 nitrogen and oxygen atoms in total. The number of hydrogen-bond donors (Lipinski definition) is 1. The van der Waals surface area contributed by atoms with Crippen molar-refractivity contribution >= 4 is 5.97 Å². The zero-order chi connectivity index (χ0) is 12.3. The van der Waals surface area contributed by atoms with E-state index in [0.29, 0.717) is 11.3 Å². The Morgan fingerprint density at radius 1 is 1.35 bits per heavy atom. The molecule has 0 saturated heterocycles. The molecule has 86 valence electrons. The summed E-state index contributed by atoms with van der Waals surface area (Å²) < 4.78 is 13.5. The summed E-state index contributed by atoms with van der Waals surface area (Å²) in [5.41, 5.74) is 1.20. The fourth-order valence-corrected chi connectivity index (χ4v) is 1.43. The van der Waals surface area contributed by atoms with Gasteiger partial charge in [-0.05, 0) is 18.2 Å². The van der Waals surface area contributed by atoms with Gasteiger partial charge in [0, 0.05) is 23.5 Å². The van der Waals surface area contributed by atoms with Crippen LogP contribution in [0.2, 0.25) is 0 Å². The van der Waals surface area contributed by atoms with Crippen molar-refractivity contribution in [3.8, 4) is 11.3 Å². The monoisotopic (exact) mass is 232 g/mol. The Bertz CT molecular complexity index is 543. The van der Waals surface area contributed by atoms with Crippen molar-refractivity contribution in [2.45, 2.75) is 6.42 Å². The van der Waals surface area contributed by atoms with Gasteiger partial charge in [0.15, 0.2) is 0 Å². The minimum atomic E-state index is -1.08. The van der Waals surface area contributed by atoms with E-state index in [9.17, 15) is 9.18 Å². The van der Waals surface area contributed by atoms with Crippen LogP contribution >= 0.6 is 0 Å². The minimum absolute atomic E-state index is 0.0742. The maximum atomic E-state index is 13.5. The van der Waals surface area contributed by atoms with Crippen LogP contribution in [0, 0.1) is 5.95 Å². The third kappa shape index (κ3) is 2.63. The summed E-state index contributed by atoms with van der Waals surface area (Å²) in [7, 11) is 0. The average Bonchev–Trinajstić information content (AvgIpc) is 2.32. The van der Waals surface area contributed by atoms with Gasteiger partial charge in [0.2, 0.25) is 5.95 Å². The Morgan fingerprint density at radius 2 is 2.18 bits per heavy atom. The molecule has 0 bridgehead atoms. The van der Waals surface area contributed by atoms with E-state index in [2.05, 4.69) is 9.97 Å². The number of carboxylic acid groups (broad SMARTS) is 1. The molecule has 0 unspecified atom stereocenters. The molecule has 2 rings (SSSR count). The van der Waals surface area contributed by atoms with E-state index in [-0.39, 0.29) is 12.0 Å². The molecule has 0 amide bonds. The molecular weight excluding hydrogens is 223 g/mol. The highest BCUT2D eigenvalue weighted by Gasteiger charge is 2.09. The lowest BCUT2D eigenvalue weighted by Crippen LogP contribution is -2.04. The molecule has 0 aliphatic rings. The zero-order valence-electron chi connectivity index (χ0n) is 8.80. The van der Waals surface area contributed by atoms with Crippen LogP contribution in [0.1, 0.15) is 5.56 Å². The van der Waals surface area contributed by atoms with Crippen molar-refractivity contribution < 1.29 is 14.3 Å². The summed E-state index contributed by atoms with van der Waals surface area (Å²) >= 11 is 0. The van der Waals surface area contributed by atoms with Gasteiger partial charge in [-0.2, -0.15) is 4.39 Å². The lowest BCUT2D eigenvalue weighted by atomic mass is 10.1. The SMILES string of the molecule is O=C(O)Cc1ccc(-c2cccnc2)nc1F. The Hall–Kier alpha value is -2.30. The zero-order valence-corrected chi connectivity index (χ0v) is 8.80. The van der Waals surface area contributed by atoms with E-state index in [1.165, 1.54) is 6.07 Å². The Labute approximate surface area is 96.8 Å². The van der Waals surface area contributed by atoms with Gasteiger partial charge in [0.05, 0.1) is 12.1 Å². The van der Waals surface area contributed by atoms with Gasteiger partial charge in [-0.25, -0.2) is 4.98 Å². The third-order valence-corrected chi connectivity index (χ3v) is 2.22. The first-order chi connectivity index (χ1) is 8.16. The van der Waals surface area contributed by atoms with Gasteiger partial charge < -0.3 is 5.11 Å². The van der Waals surface area contributed by atoms with Gasteiger partial charge in [-0.15, -0.1) is 0 Å². The van der Waals surface area contributed by atoms with E-state index in [0.717, 1.165) is 0 Å². The lowest BCUT2D eigenvalue weighted by molar-refractivity contribution is -0.136. The lowest BCUT2D eigenvalue weighted by Gasteiger charge is -2.03. The molecule has 0 aliphatic heterocycles. The molecule has 0 spiro atoms. The number of hydrogen-bond acceptors (Lipinski definition) is 3. The van der Waals surface area contributed by atoms with Crippen molar-refractivity contribution in [2.24, 2.45) is 0 Å². The van der Waals surface area contributed by atoms with Gasteiger partial charge in [-0.3, -0.25) is 9.78 Å². The number of halogens is 1. The standard InChI is InChI=1S/C12H9FN2O2/c13-12-8(6-11(16)17)3-4-10(15-12)9-2-1-5-14-7-9/h1-5,7H,6H2,(H,16,17). The molecule has 0 radical (unpaired) electrons. The summed E-state index contributed by atoms with van der Waals surface area (Å²) in [5.74, 6) is -1.84. The number of rotatable bonds is 3. The van der Waals surface area contributed by atoms with Crippen LogP contribution in [-0.4, -0.2) is 21.0 Å². The smallest absolute Gasteiger partial charge is 0.307 e. The number of carboxylic acids is 1. The second kappa shape index (κ2) is 4.69. The largest absolute Gasteiger partial charge is 0.481 e. The molecule has 2 heterocycles. The molecule has 0 aromatic carbocycles. The molecule has 17 heavy (non-hydrogen) atoms. The number of carbonyl (C=O) groups is 1. The fourth-order valence-electron chi connectivity index (χ4n) is 1.43. The topological polar surface area (TPSA) is 63.1 Å². The molecule has 2 aromatic heterocycles. The number of aliphatic carboxylic acids is 1. The van der Waals surface area contributed by atoms with Crippen LogP contribution in [0.25, 0.3) is 11.3 Å². The van der Waals surface area contributed by atoms with Crippen LogP contribution in [0.4, 0.5) is 4.39 Å². The molecule has 5 heteroatoms. The van der Waals surface area contributed by atoms with Crippen LogP contribution in [-0.2, 0) is 11.2 Å². The second-order valence-electron chi connectivity index (χ2n) is 3.46. The van der Waals surface area contributed by atoms with Gasteiger partial charge in [0.1, 0.15) is 0 Å². The number of pyridine rings is 2. The van der Waals surface area contributed by atoms with Gasteiger partial charge >= 0.3 is 5.97 Å². The first-order valence-corrected chi connectivity index (χ1v) is 4.94. The highest BCUT2D eigenvalue weighted by molar-refractivity contribution is 5.70. The summed E-state index contributed by atoms with van der Waals surface area (Å²) in [4.78, 5) is 18.1. The maximum Gasteiger partial charge on any atom is 0.307 e. The molecule has 2 aromatic rings.